The van der Waals surface area contributed by atoms with Crippen molar-refractivity contribution in [3.63, 3.8) is 0 Å². The Bertz CT molecular complexity index is 584. The van der Waals surface area contributed by atoms with Gasteiger partial charge in [0.25, 0.3) is 5.91 Å². The number of rotatable bonds is 2. The van der Waals surface area contributed by atoms with Gasteiger partial charge in [-0.2, -0.15) is 0 Å². The lowest BCUT2D eigenvalue weighted by Gasteiger charge is -2.38. The molecule has 0 aromatic heterocycles. The summed E-state index contributed by atoms with van der Waals surface area (Å²) in [6.45, 7) is 3.11. The fourth-order valence-electron chi connectivity index (χ4n) is 2.39. The maximum absolute atomic E-state index is 12.5. The molecule has 1 heterocycles. The number of nitrogens with zero attached hydrogens (tertiary/aromatic N) is 2. The Hall–Kier alpha value is -1.02. The van der Waals surface area contributed by atoms with Crippen LogP contribution in [0.3, 0.4) is 0 Å². The van der Waals surface area contributed by atoms with Gasteiger partial charge < -0.3 is 15.8 Å². The molecule has 0 spiro atoms. The average Bonchev–Trinajstić information content (AvgIpc) is 2.49. The Balaban J connectivity index is 2.08. The summed E-state index contributed by atoms with van der Waals surface area (Å²) in [6, 6.07) is 5.32. The first-order valence-electron chi connectivity index (χ1n) is 6.60. The Kier molecular flexibility index (Phi) is 4.98. The number of carbonyl (C=O) groups is 1. The van der Waals surface area contributed by atoms with Crippen molar-refractivity contribution in [1.82, 2.24) is 4.90 Å². The maximum Gasteiger partial charge on any atom is 0.253 e. The van der Waals surface area contributed by atoms with Crippen molar-refractivity contribution < 1.29 is 10.0 Å². The van der Waals surface area contributed by atoms with E-state index in [9.17, 15) is 4.79 Å². The second-order valence-electron chi connectivity index (χ2n) is 5.47. The van der Waals surface area contributed by atoms with Gasteiger partial charge in [0.05, 0.1) is 5.02 Å². The number of halogens is 2. The number of likely N-dealkylation sites (tertiary alicyclic amines) is 1. The zero-order valence-corrected chi connectivity index (χ0v) is 14.6. The van der Waals surface area contributed by atoms with Gasteiger partial charge in [-0.25, -0.2) is 0 Å². The normalized spacial score (nSPS) is 18.6. The summed E-state index contributed by atoms with van der Waals surface area (Å²) in [5, 5.41) is 12.5. The van der Waals surface area contributed by atoms with E-state index in [2.05, 4.69) is 27.7 Å². The molecule has 0 atom stereocenters. The van der Waals surface area contributed by atoms with Crippen LogP contribution >= 0.6 is 34.2 Å². The third-order valence-corrected chi connectivity index (χ3v) is 5.62. The van der Waals surface area contributed by atoms with E-state index in [1.165, 1.54) is 0 Å². The molecule has 21 heavy (non-hydrogen) atoms. The molecule has 5 nitrogen and oxygen atoms in total. The van der Waals surface area contributed by atoms with Crippen LogP contribution < -0.4 is 5.73 Å². The second-order valence-corrected chi connectivity index (χ2v) is 7.04. The summed E-state index contributed by atoms with van der Waals surface area (Å²) in [5.41, 5.74) is 5.97. The highest BCUT2D eigenvalue weighted by Gasteiger charge is 2.35. The van der Waals surface area contributed by atoms with Crippen LogP contribution in [0.25, 0.3) is 0 Å². The van der Waals surface area contributed by atoms with Crippen LogP contribution in [0.2, 0.25) is 5.02 Å². The SMILES string of the molecule is CC1(/C(N)=N/O)CCN(C(=O)c2ccc(I)c(Cl)c2)CC1. The number of amides is 1. The molecule has 1 fully saturated rings. The smallest absolute Gasteiger partial charge is 0.253 e. The fraction of sp³-hybridized carbons (Fsp3) is 0.429. The van der Waals surface area contributed by atoms with Crippen LogP contribution in [-0.4, -0.2) is 34.9 Å². The van der Waals surface area contributed by atoms with Gasteiger partial charge in [0, 0.05) is 27.6 Å². The number of amidine groups is 1. The zero-order valence-electron chi connectivity index (χ0n) is 11.6. The van der Waals surface area contributed by atoms with Gasteiger partial charge in [-0.1, -0.05) is 23.7 Å². The number of nitrogens with two attached hydrogens (primary N) is 1. The highest BCUT2D eigenvalue weighted by molar-refractivity contribution is 14.1. The molecule has 0 unspecified atom stereocenters. The lowest BCUT2D eigenvalue weighted by atomic mass is 9.79. The summed E-state index contributed by atoms with van der Waals surface area (Å²) >= 11 is 8.19. The molecule has 1 aromatic carbocycles. The Morgan fingerprint density at radius 3 is 2.62 bits per heavy atom. The third-order valence-electron chi connectivity index (χ3n) is 4.05. The lowest BCUT2D eigenvalue weighted by molar-refractivity contribution is 0.0666. The van der Waals surface area contributed by atoms with E-state index in [1.54, 1.807) is 17.0 Å². The van der Waals surface area contributed by atoms with E-state index in [0.717, 1.165) is 3.57 Å². The maximum atomic E-state index is 12.5. The number of hydrogen-bond acceptors (Lipinski definition) is 3. The molecule has 0 bridgehead atoms. The molecule has 1 amide bonds. The van der Waals surface area contributed by atoms with Gasteiger partial charge in [-0.15, -0.1) is 0 Å². The van der Waals surface area contributed by atoms with E-state index in [-0.39, 0.29) is 17.2 Å². The summed E-state index contributed by atoms with van der Waals surface area (Å²) < 4.78 is 0.920. The van der Waals surface area contributed by atoms with Crippen LogP contribution in [-0.2, 0) is 0 Å². The topological polar surface area (TPSA) is 78.9 Å². The predicted molar refractivity (Wildman–Crippen MR) is 90.8 cm³/mol. The van der Waals surface area contributed by atoms with Crippen molar-refractivity contribution in [1.29, 1.82) is 0 Å². The molecule has 3 N–H and O–H groups in total. The van der Waals surface area contributed by atoms with Gasteiger partial charge >= 0.3 is 0 Å². The van der Waals surface area contributed by atoms with E-state index in [1.807, 2.05) is 13.0 Å². The predicted octanol–water partition coefficient (Wildman–Crippen LogP) is 2.93. The molecule has 2 rings (SSSR count). The van der Waals surface area contributed by atoms with Gasteiger partial charge in [-0.3, -0.25) is 4.79 Å². The van der Waals surface area contributed by atoms with Gasteiger partial charge in [-0.05, 0) is 53.6 Å². The van der Waals surface area contributed by atoms with Crippen molar-refractivity contribution in [2.75, 3.05) is 13.1 Å². The van der Waals surface area contributed by atoms with E-state index >= 15 is 0 Å². The second kappa shape index (κ2) is 6.39. The summed E-state index contributed by atoms with van der Waals surface area (Å²) in [6.07, 6.45) is 1.35. The Labute approximate surface area is 142 Å². The number of oxime groups is 1. The molecule has 1 saturated heterocycles. The van der Waals surface area contributed by atoms with Crippen LogP contribution in [0.5, 0.6) is 0 Å². The summed E-state index contributed by atoms with van der Waals surface area (Å²) in [7, 11) is 0. The third kappa shape index (κ3) is 3.42. The first-order valence-corrected chi connectivity index (χ1v) is 8.05. The molecule has 1 aromatic rings. The molecule has 1 aliphatic heterocycles. The van der Waals surface area contributed by atoms with Crippen molar-refractivity contribution in [3.8, 4) is 0 Å². The number of hydrogen-bond donors (Lipinski definition) is 2. The Morgan fingerprint density at radius 2 is 2.10 bits per heavy atom. The van der Waals surface area contributed by atoms with Crippen molar-refractivity contribution >= 4 is 45.9 Å². The van der Waals surface area contributed by atoms with E-state index < -0.39 is 0 Å². The zero-order chi connectivity index (χ0) is 15.6. The quantitative estimate of drug-likeness (QED) is 0.253. The summed E-state index contributed by atoms with van der Waals surface area (Å²) in [5.74, 6) is 0.196. The van der Waals surface area contributed by atoms with Crippen molar-refractivity contribution in [3.05, 3.63) is 32.4 Å². The standard InChI is InChI=1S/C14H17ClIN3O2/c1-14(13(17)18-21)4-6-19(7-5-14)12(20)9-2-3-11(16)10(15)8-9/h2-3,8,21H,4-7H2,1H3,(H2,17,18). The molecular formula is C14H17ClIN3O2. The molecule has 0 aliphatic carbocycles. The van der Waals surface area contributed by atoms with Gasteiger partial charge in [0.2, 0.25) is 0 Å². The van der Waals surface area contributed by atoms with E-state index in [4.69, 9.17) is 22.5 Å². The van der Waals surface area contributed by atoms with Crippen molar-refractivity contribution in [2.24, 2.45) is 16.3 Å². The van der Waals surface area contributed by atoms with Crippen molar-refractivity contribution in [2.45, 2.75) is 19.8 Å². The molecule has 7 heteroatoms. The number of piperidine rings is 1. The average molecular weight is 422 g/mol. The molecule has 1 aliphatic rings. The number of carbonyl (C=O) groups excluding carboxylic acids is 1. The van der Waals surface area contributed by atoms with Crippen LogP contribution in [0.4, 0.5) is 0 Å². The van der Waals surface area contributed by atoms with Crippen LogP contribution in [0.1, 0.15) is 30.1 Å². The minimum Gasteiger partial charge on any atom is -0.409 e. The molecule has 0 radical (unpaired) electrons. The monoisotopic (exact) mass is 421 g/mol. The Morgan fingerprint density at radius 1 is 1.48 bits per heavy atom. The largest absolute Gasteiger partial charge is 0.409 e. The fourth-order valence-corrected chi connectivity index (χ4v) is 2.91. The first kappa shape index (κ1) is 16.4. The summed E-state index contributed by atoms with van der Waals surface area (Å²) in [4.78, 5) is 14.3. The molecule has 0 saturated carbocycles. The molecular weight excluding hydrogens is 405 g/mol. The van der Waals surface area contributed by atoms with Crippen LogP contribution in [0, 0.1) is 8.99 Å². The van der Waals surface area contributed by atoms with Gasteiger partial charge in [0.1, 0.15) is 5.84 Å². The van der Waals surface area contributed by atoms with Gasteiger partial charge in [0.15, 0.2) is 0 Å². The highest BCUT2D eigenvalue weighted by atomic mass is 127. The minimum atomic E-state index is -0.352. The first-order chi connectivity index (χ1) is 9.87. The van der Waals surface area contributed by atoms with E-state index in [0.29, 0.717) is 36.5 Å². The lowest BCUT2D eigenvalue weighted by Crippen LogP contribution is -2.47. The van der Waals surface area contributed by atoms with Crippen LogP contribution in [0.15, 0.2) is 23.4 Å². The minimum absolute atomic E-state index is 0.0325. The highest BCUT2D eigenvalue weighted by Crippen LogP contribution is 2.32. The molecule has 114 valence electrons. The number of benzene rings is 1.